The Kier molecular flexibility index (Phi) is 30.6. The first-order valence-electron chi connectivity index (χ1n) is 24.7. The molecule has 0 saturated heterocycles. The molecule has 0 aromatic heterocycles. The molecule has 0 aliphatic carbocycles. The fourth-order valence-corrected chi connectivity index (χ4v) is 7.46. The first kappa shape index (κ1) is 67.3. The number of nitrogens with zero attached hydrogens (tertiary/aromatic N) is 5. The summed E-state index contributed by atoms with van der Waals surface area (Å²) in [6.07, 6.45) is -1.01. The molecule has 0 spiro atoms. The second-order valence-electron chi connectivity index (χ2n) is 18.9. The molecule has 27 heteroatoms. The van der Waals surface area contributed by atoms with E-state index in [4.69, 9.17) is 51.6 Å². The summed E-state index contributed by atoms with van der Waals surface area (Å²) < 4.78 is 0. The van der Waals surface area contributed by atoms with E-state index in [0.717, 1.165) is 0 Å². The van der Waals surface area contributed by atoms with Crippen LogP contribution in [0.1, 0.15) is 107 Å². The zero-order valence-corrected chi connectivity index (χ0v) is 43.9. The predicted octanol–water partition coefficient (Wildman–Crippen LogP) is -5.01. The molecule has 0 aliphatic heterocycles. The Labute approximate surface area is 428 Å². The topological polar surface area (TPSA) is 467 Å². The minimum atomic E-state index is -2.25. The van der Waals surface area contributed by atoms with Gasteiger partial charge in [-0.1, -0.05) is 55.4 Å². The van der Waals surface area contributed by atoms with E-state index in [9.17, 15) is 43.2 Å². The molecule has 0 saturated carbocycles. The number of hydrogen-bond acceptors (Lipinski definition) is 20. The van der Waals surface area contributed by atoms with Crippen LogP contribution in [0.15, 0.2) is 0 Å². The van der Waals surface area contributed by atoms with Crippen molar-refractivity contribution in [2.24, 2.45) is 75.3 Å². The van der Waals surface area contributed by atoms with Crippen molar-refractivity contribution in [3.8, 4) is 0 Å². The van der Waals surface area contributed by atoms with Gasteiger partial charge in [-0.2, -0.15) is 0 Å². The Morgan fingerprint density at radius 2 is 0.685 bits per heavy atom. The number of nitrogens with two attached hydrogens (primary N) is 9. The Morgan fingerprint density at radius 3 is 0.973 bits per heavy atom. The predicted molar refractivity (Wildman–Crippen MR) is 268 cm³/mol. The van der Waals surface area contributed by atoms with Gasteiger partial charge in [0, 0.05) is 76.8 Å². The molecule has 6 atom stereocenters. The SMILES string of the molecule is CC(C)CC(=O)N(C(=O)[C@H](CN)N(C(=O)CCCCN)C(=O)[C@H](CN)N(C(=O)C(C)C)C(=O)[C@H](CN)N(C(=O)CC(C)C)C(=O)[C@H](CN)N(C(=O)CCCCN)C(=O)[C@H](CN)NC(=O)C(C)C)[C@@H](CN)C(N)=O. The fourth-order valence-electron chi connectivity index (χ4n) is 7.46. The second-order valence-corrected chi connectivity index (χ2v) is 18.9. The number of primary amides is 1. The lowest BCUT2D eigenvalue weighted by atomic mass is 10.0. The van der Waals surface area contributed by atoms with E-state index >= 15 is 14.4 Å². The molecule has 0 aromatic rings. The highest BCUT2D eigenvalue weighted by Crippen LogP contribution is 2.22. The van der Waals surface area contributed by atoms with Gasteiger partial charge < -0.3 is 56.9 Å². The largest absolute Gasteiger partial charge is 0.368 e. The molecule has 0 rings (SSSR count). The molecule has 0 bridgehead atoms. The molecule has 0 unspecified atom stereocenters. The highest BCUT2D eigenvalue weighted by molar-refractivity contribution is 6.12. The van der Waals surface area contributed by atoms with Crippen molar-refractivity contribution in [1.82, 2.24) is 29.8 Å². The van der Waals surface area contributed by atoms with E-state index in [0.29, 0.717) is 30.9 Å². The van der Waals surface area contributed by atoms with Crippen LogP contribution in [-0.4, -0.2) is 184 Å². The molecule has 0 aliphatic rings. The molecule has 0 heterocycles. The second kappa shape index (κ2) is 33.2. The smallest absolute Gasteiger partial charge is 0.254 e. The van der Waals surface area contributed by atoms with Crippen LogP contribution in [-0.2, 0) is 57.5 Å². The van der Waals surface area contributed by atoms with Gasteiger partial charge in [0.2, 0.25) is 41.4 Å². The number of imide groups is 5. The third-order valence-electron chi connectivity index (χ3n) is 11.4. The van der Waals surface area contributed by atoms with Crippen LogP contribution in [0.2, 0.25) is 0 Å². The van der Waals surface area contributed by atoms with E-state index in [1.807, 2.05) is 0 Å². The number of unbranched alkanes of at least 4 members (excludes halogenated alkanes) is 2. The minimum absolute atomic E-state index is 0.0337. The van der Waals surface area contributed by atoms with Gasteiger partial charge in [0.25, 0.3) is 29.5 Å². The van der Waals surface area contributed by atoms with Crippen molar-refractivity contribution in [1.29, 1.82) is 0 Å². The van der Waals surface area contributed by atoms with Gasteiger partial charge >= 0.3 is 0 Å². The summed E-state index contributed by atoms with van der Waals surface area (Å²) in [6.45, 7) is 7.39. The monoisotopic (exact) mass is 1040 g/mol. The highest BCUT2D eigenvalue weighted by Gasteiger charge is 2.50. The lowest BCUT2D eigenvalue weighted by Gasteiger charge is -2.40. The molecule has 73 heavy (non-hydrogen) atoms. The summed E-state index contributed by atoms with van der Waals surface area (Å²) in [5, 5.41) is 2.44. The molecule has 19 N–H and O–H groups in total. The number of rotatable bonds is 32. The Hall–Kier alpha value is -5.68. The number of carbonyl (C=O) groups excluding carboxylic acids is 12. The van der Waals surface area contributed by atoms with Crippen molar-refractivity contribution in [3.63, 3.8) is 0 Å². The van der Waals surface area contributed by atoms with Crippen molar-refractivity contribution >= 4 is 70.9 Å². The zero-order valence-electron chi connectivity index (χ0n) is 43.9. The van der Waals surface area contributed by atoms with Crippen molar-refractivity contribution in [3.05, 3.63) is 0 Å². The van der Waals surface area contributed by atoms with Gasteiger partial charge in [0.15, 0.2) is 0 Å². The Bertz CT molecular complexity index is 1930. The number of hydrogen-bond donors (Lipinski definition) is 10. The number of carbonyl (C=O) groups is 12. The third-order valence-corrected chi connectivity index (χ3v) is 11.4. The van der Waals surface area contributed by atoms with E-state index in [-0.39, 0.29) is 45.2 Å². The molecule has 0 radical (unpaired) electrons. The average Bonchev–Trinajstić information content (AvgIpc) is 3.31. The first-order chi connectivity index (χ1) is 34.2. The summed E-state index contributed by atoms with van der Waals surface area (Å²) in [7, 11) is 0. The van der Waals surface area contributed by atoms with Gasteiger partial charge in [-0.15, -0.1) is 0 Å². The number of amides is 12. The van der Waals surface area contributed by atoms with Crippen LogP contribution in [0.25, 0.3) is 0 Å². The standard InChI is InChI=1S/C46H85N15O12/c1-25(2)17-37(64)57(30(20-50)39(55)66)43(70)32(22-52)59(36(63)14-10-12-16-48)45(72)34(24-54)61(41(68)28(7)8)46(73)33(23-53)60(38(65)18-26(3)4)44(71)31(21-51)58(35(62)13-9-11-15-47)42(69)29(19-49)56-40(67)27(5)6/h25-34H,9-24,47-54H2,1-8H3,(H2,55,66)(H,56,67)/t29-,30-,31-,32-,33-,34-/m0/s1. The Morgan fingerprint density at radius 1 is 0.370 bits per heavy atom. The van der Waals surface area contributed by atoms with Crippen LogP contribution in [0, 0.1) is 23.7 Å². The molecule has 27 nitrogen and oxygen atoms in total. The lowest BCUT2D eigenvalue weighted by Crippen LogP contribution is -2.68. The van der Waals surface area contributed by atoms with E-state index < -0.39 is 183 Å². The van der Waals surface area contributed by atoms with Crippen LogP contribution in [0.3, 0.4) is 0 Å². The summed E-state index contributed by atoms with van der Waals surface area (Å²) >= 11 is 0. The van der Waals surface area contributed by atoms with E-state index in [2.05, 4.69) is 5.32 Å². The van der Waals surface area contributed by atoms with E-state index in [1.54, 1.807) is 27.7 Å². The van der Waals surface area contributed by atoms with Gasteiger partial charge in [-0.3, -0.25) is 82.0 Å². The quantitative estimate of drug-likeness (QED) is 0.0282. The van der Waals surface area contributed by atoms with Crippen molar-refractivity contribution < 1.29 is 57.5 Å². The van der Waals surface area contributed by atoms with Gasteiger partial charge in [-0.25, -0.2) is 0 Å². The van der Waals surface area contributed by atoms with Crippen LogP contribution in [0.4, 0.5) is 0 Å². The maximum Gasteiger partial charge on any atom is 0.254 e. The molecule has 0 fully saturated rings. The zero-order chi connectivity index (χ0) is 56.6. The average molecular weight is 1040 g/mol. The molecule has 12 amide bonds. The van der Waals surface area contributed by atoms with Crippen molar-refractivity contribution in [2.75, 3.05) is 52.4 Å². The lowest BCUT2D eigenvalue weighted by molar-refractivity contribution is -0.169. The third kappa shape index (κ3) is 19.0. The van der Waals surface area contributed by atoms with Crippen LogP contribution < -0.4 is 56.9 Å². The summed E-state index contributed by atoms with van der Waals surface area (Å²) in [5.41, 5.74) is 53.4. The molecule has 0 aromatic carbocycles. The molecular weight excluding hydrogens is 955 g/mol. The van der Waals surface area contributed by atoms with Crippen LogP contribution >= 0.6 is 0 Å². The van der Waals surface area contributed by atoms with E-state index in [1.165, 1.54) is 27.7 Å². The summed E-state index contributed by atoms with van der Waals surface area (Å²) in [6, 6.07) is -12.1. The summed E-state index contributed by atoms with van der Waals surface area (Å²) in [4.78, 5) is 173. The normalized spacial score (nSPS) is 13.9. The van der Waals surface area contributed by atoms with Crippen molar-refractivity contribution in [2.45, 2.75) is 143 Å². The van der Waals surface area contributed by atoms with Gasteiger partial charge in [0.1, 0.15) is 36.3 Å². The minimum Gasteiger partial charge on any atom is -0.368 e. The molecule has 416 valence electrons. The van der Waals surface area contributed by atoms with Gasteiger partial charge in [-0.05, 0) is 50.6 Å². The maximum absolute atomic E-state index is 15.3. The van der Waals surface area contributed by atoms with Gasteiger partial charge in [0.05, 0.1) is 0 Å². The Balaban J connectivity index is 8.43. The molecular formula is C46H85N15O12. The summed E-state index contributed by atoms with van der Waals surface area (Å²) in [5.74, 6) is -17.0. The highest BCUT2D eigenvalue weighted by atomic mass is 16.2. The maximum atomic E-state index is 15.3. The number of nitrogens with one attached hydrogen (secondary N) is 1. The first-order valence-corrected chi connectivity index (χ1v) is 24.7. The van der Waals surface area contributed by atoms with Crippen LogP contribution in [0.5, 0.6) is 0 Å². The fraction of sp³-hybridized carbons (Fsp3) is 0.739.